The fourth-order valence-electron chi connectivity index (χ4n) is 2.54. The largest absolute Gasteiger partial charge is 0.508 e. The summed E-state index contributed by atoms with van der Waals surface area (Å²) in [7, 11) is 0. The maximum Gasteiger partial charge on any atom is 0.248 e. The number of aromatic hydroxyl groups is 1. The zero-order chi connectivity index (χ0) is 14.5. The number of phenolic OH excluding ortho intramolecular Hbond substituents is 1. The molecule has 1 fully saturated rings. The van der Waals surface area contributed by atoms with Gasteiger partial charge >= 0.3 is 0 Å². The van der Waals surface area contributed by atoms with Crippen molar-refractivity contribution in [3.8, 4) is 5.75 Å². The van der Waals surface area contributed by atoms with Gasteiger partial charge in [-0.3, -0.25) is 4.79 Å². The summed E-state index contributed by atoms with van der Waals surface area (Å²) in [5.41, 5.74) is 1.24. The number of amides is 1. The SMILES string of the molecule is CC(C)OCC(=O)N1CCC(c2ccc(O)cc2)CC1. The first-order valence-corrected chi connectivity index (χ1v) is 7.24. The summed E-state index contributed by atoms with van der Waals surface area (Å²) in [6.07, 6.45) is 2.03. The van der Waals surface area contributed by atoms with Gasteiger partial charge in [-0.05, 0) is 50.3 Å². The monoisotopic (exact) mass is 277 g/mol. The van der Waals surface area contributed by atoms with Crippen LogP contribution in [0.3, 0.4) is 0 Å². The lowest BCUT2D eigenvalue weighted by molar-refractivity contribution is -0.138. The Bertz CT molecular complexity index is 434. The molecule has 0 aromatic heterocycles. The van der Waals surface area contributed by atoms with E-state index < -0.39 is 0 Å². The molecule has 1 N–H and O–H groups in total. The molecule has 0 aliphatic carbocycles. The van der Waals surface area contributed by atoms with E-state index in [1.54, 1.807) is 12.1 Å². The minimum atomic E-state index is 0.0860. The molecule has 4 heteroatoms. The van der Waals surface area contributed by atoms with Gasteiger partial charge in [0.1, 0.15) is 12.4 Å². The summed E-state index contributed by atoms with van der Waals surface area (Å²) in [5, 5.41) is 9.31. The topological polar surface area (TPSA) is 49.8 Å². The number of carbonyl (C=O) groups is 1. The van der Waals surface area contributed by atoms with Crippen LogP contribution in [0.25, 0.3) is 0 Å². The molecule has 0 saturated carbocycles. The predicted octanol–water partition coefficient (Wildman–Crippen LogP) is 2.52. The van der Waals surface area contributed by atoms with Crippen molar-refractivity contribution in [2.75, 3.05) is 19.7 Å². The highest BCUT2D eigenvalue weighted by atomic mass is 16.5. The van der Waals surface area contributed by atoms with Crippen molar-refractivity contribution in [1.29, 1.82) is 0 Å². The minimum absolute atomic E-state index is 0.0860. The second kappa shape index (κ2) is 6.75. The Labute approximate surface area is 120 Å². The lowest BCUT2D eigenvalue weighted by Gasteiger charge is -2.32. The van der Waals surface area contributed by atoms with Crippen molar-refractivity contribution in [3.05, 3.63) is 29.8 Å². The van der Waals surface area contributed by atoms with E-state index in [1.807, 2.05) is 30.9 Å². The first kappa shape index (κ1) is 14.9. The van der Waals surface area contributed by atoms with Crippen molar-refractivity contribution in [2.24, 2.45) is 0 Å². The van der Waals surface area contributed by atoms with Gasteiger partial charge in [-0.25, -0.2) is 0 Å². The molecule has 4 nitrogen and oxygen atoms in total. The third-order valence-electron chi connectivity index (χ3n) is 3.75. The fraction of sp³-hybridized carbons (Fsp3) is 0.562. The number of carbonyl (C=O) groups excluding carboxylic acids is 1. The highest BCUT2D eigenvalue weighted by molar-refractivity contribution is 5.77. The van der Waals surface area contributed by atoms with Crippen LogP contribution in [0.5, 0.6) is 5.75 Å². The van der Waals surface area contributed by atoms with Gasteiger partial charge in [-0.2, -0.15) is 0 Å². The molecule has 0 spiro atoms. The van der Waals surface area contributed by atoms with Crippen molar-refractivity contribution < 1.29 is 14.6 Å². The maximum atomic E-state index is 12.0. The summed E-state index contributed by atoms with van der Waals surface area (Å²) in [4.78, 5) is 13.8. The van der Waals surface area contributed by atoms with Crippen LogP contribution in [0.1, 0.15) is 38.2 Å². The van der Waals surface area contributed by atoms with Gasteiger partial charge in [-0.1, -0.05) is 12.1 Å². The van der Waals surface area contributed by atoms with E-state index in [1.165, 1.54) is 5.56 Å². The number of hydrogen-bond acceptors (Lipinski definition) is 3. The van der Waals surface area contributed by atoms with Crippen molar-refractivity contribution in [3.63, 3.8) is 0 Å². The number of nitrogens with zero attached hydrogens (tertiary/aromatic N) is 1. The smallest absolute Gasteiger partial charge is 0.248 e. The minimum Gasteiger partial charge on any atom is -0.508 e. The maximum absolute atomic E-state index is 12.0. The van der Waals surface area contributed by atoms with Crippen LogP contribution in [0.4, 0.5) is 0 Å². The molecule has 0 atom stereocenters. The van der Waals surface area contributed by atoms with E-state index in [2.05, 4.69) is 0 Å². The molecule has 1 aliphatic heterocycles. The van der Waals surface area contributed by atoms with Crippen LogP contribution >= 0.6 is 0 Å². The van der Waals surface area contributed by atoms with Crippen LogP contribution in [0, 0.1) is 0 Å². The molecule has 1 aromatic rings. The number of phenols is 1. The molecule has 1 aliphatic rings. The highest BCUT2D eigenvalue weighted by Crippen LogP contribution is 2.29. The third kappa shape index (κ3) is 3.97. The first-order valence-electron chi connectivity index (χ1n) is 7.24. The van der Waals surface area contributed by atoms with E-state index in [0.717, 1.165) is 25.9 Å². The van der Waals surface area contributed by atoms with Crippen LogP contribution in [0.2, 0.25) is 0 Å². The molecule has 0 unspecified atom stereocenters. The summed E-state index contributed by atoms with van der Waals surface area (Å²) in [6, 6.07) is 7.39. The molecule has 0 bridgehead atoms. The molecule has 1 aromatic carbocycles. The van der Waals surface area contributed by atoms with Crippen molar-refractivity contribution in [2.45, 2.75) is 38.7 Å². The van der Waals surface area contributed by atoms with Crippen LogP contribution in [0.15, 0.2) is 24.3 Å². The summed E-state index contributed by atoms with van der Waals surface area (Å²) in [5.74, 6) is 0.862. The Balaban J connectivity index is 1.83. The Morgan fingerprint density at radius 2 is 1.90 bits per heavy atom. The van der Waals surface area contributed by atoms with Crippen molar-refractivity contribution >= 4 is 5.91 Å². The lowest BCUT2D eigenvalue weighted by atomic mass is 9.89. The molecule has 1 heterocycles. The van der Waals surface area contributed by atoms with E-state index >= 15 is 0 Å². The average molecular weight is 277 g/mol. The van der Waals surface area contributed by atoms with Gasteiger partial charge in [-0.15, -0.1) is 0 Å². The number of piperidine rings is 1. The standard InChI is InChI=1S/C16H23NO3/c1-12(2)20-11-16(19)17-9-7-14(8-10-17)13-3-5-15(18)6-4-13/h3-6,12,14,18H,7-11H2,1-2H3. The third-order valence-corrected chi connectivity index (χ3v) is 3.75. The summed E-state index contributed by atoms with van der Waals surface area (Å²) < 4.78 is 5.36. The normalized spacial score (nSPS) is 16.6. The van der Waals surface area contributed by atoms with Gasteiger partial charge in [0.05, 0.1) is 6.10 Å². The summed E-state index contributed by atoms with van der Waals surface area (Å²) in [6.45, 7) is 5.62. The van der Waals surface area contributed by atoms with Gasteiger partial charge < -0.3 is 14.7 Å². The quantitative estimate of drug-likeness (QED) is 0.920. The molecule has 110 valence electrons. The molecule has 20 heavy (non-hydrogen) atoms. The zero-order valence-corrected chi connectivity index (χ0v) is 12.2. The zero-order valence-electron chi connectivity index (χ0n) is 12.2. The fourth-order valence-corrected chi connectivity index (χ4v) is 2.54. The van der Waals surface area contributed by atoms with E-state index in [-0.39, 0.29) is 18.6 Å². The number of hydrogen-bond donors (Lipinski definition) is 1. The van der Waals surface area contributed by atoms with Crippen LogP contribution in [-0.4, -0.2) is 41.7 Å². The predicted molar refractivity (Wildman–Crippen MR) is 77.7 cm³/mol. The van der Waals surface area contributed by atoms with Crippen molar-refractivity contribution in [1.82, 2.24) is 4.90 Å². The number of rotatable bonds is 4. The molecule has 1 amide bonds. The number of likely N-dealkylation sites (tertiary alicyclic amines) is 1. The van der Waals surface area contributed by atoms with E-state index in [9.17, 15) is 9.90 Å². The highest BCUT2D eigenvalue weighted by Gasteiger charge is 2.23. The average Bonchev–Trinajstić information content (AvgIpc) is 2.46. The van der Waals surface area contributed by atoms with Gasteiger partial charge in [0.15, 0.2) is 0 Å². The van der Waals surface area contributed by atoms with E-state index in [4.69, 9.17) is 4.74 Å². The lowest BCUT2D eigenvalue weighted by Crippen LogP contribution is -2.40. The molecular formula is C16H23NO3. The Morgan fingerprint density at radius 3 is 2.45 bits per heavy atom. The Morgan fingerprint density at radius 1 is 1.30 bits per heavy atom. The van der Waals surface area contributed by atoms with E-state index in [0.29, 0.717) is 11.7 Å². The second-order valence-corrected chi connectivity index (χ2v) is 5.61. The van der Waals surface area contributed by atoms with Gasteiger partial charge in [0.2, 0.25) is 5.91 Å². The number of benzene rings is 1. The van der Waals surface area contributed by atoms with Gasteiger partial charge in [0, 0.05) is 13.1 Å². The Hall–Kier alpha value is -1.55. The molecular weight excluding hydrogens is 254 g/mol. The van der Waals surface area contributed by atoms with Crippen LogP contribution in [-0.2, 0) is 9.53 Å². The van der Waals surface area contributed by atoms with Crippen LogP contribution < -0.4 is 0 Å². The second-order valence-electron chi connectivity index (χ2n) is 5.61. The molecule has 0 radical (unpaired) electrons. The molecule has 2 rings (SSSR count). The van der Waals surface area contributed by atoms with Gasteiger partial charge in [0.25, 0.3) is 0 Å². The Kier molecular flexibility index (Phi) is 5.01. The first-order chi connectivity index (χ1) is 9.56. The molecule has 1 saturated heterocycles. The number of ether oxygens (including phenoxy) is 1. The summed E-state index contributed by atoms with van der Waals surface area (Å²) >= 11 is 0.